The first-order valence-corrected chi connectivity index (χ1v) is 8.47. The molecule has 1 saturated heterocycles. The molecular formula is C18H22FN5O. The summed E-state index contributed by atoms with van der Waals surface area (Å²) in [6.07, 6.45) is 2.50. The van der Waals surface area contributed by atoms with Crippen molar-refractivity contribution in [3.8, 4) is 0 Å². The highest BCUT2D eigenvalue weighted by molar-refractivity contribution is 5.92. The largest absolute Gasteiger partial charge is 0.354 e. The number of carbonyl (C=O) groups is 1. The van der Waals surface area contributed by atoms with Gasteiger partial charge in [0.05, 0.1) is 6.54 Å². The Hall–Kier alpha value is -2.54. The third-order valence-electron chi connectivity index (χ3n) is 4.26. The highest BCUT2D eigenvalue weighted by atomic mass is 19.1. The summed E-state index contributed by atoms with van der Waals surface area (Å²) in [5.74, 6) is 0.544. The number of halogens is 1. The van der Waals surface area contributed by atoms with E-state index in [1.807, 2.05) is 6.07 Å². The Morgan fingerprint density at radius 2 is 1.88 bits per heavy atom. The number of hydrogen-bond acceptors (Lipinski definition) is 5. The van der Waals surface area contributed by atoms with Crippen LogP contribution in [0.4, 0.5) is 15.9 Å². The number of anilines is 2. The Bertz CT molecular complexity index is 714. The number of aromatic nitrogens is 2. The van der Waals surface area contributed by atoms with E-state index in [1.165, 1.54) is 12.1 Å². The van der Waals surface area contributed by atoms with Gasteiger partial charge in [0.25, 0.3) is 0 Å². The van der Waals surface area contributed by atoms with E-state index in [-0.39, 0.29) is 11.7 Å². The Morgan fingerprint density at radius 1 is 1.16 bits per heavy atom. The zero-order chi connectivity index (χ0) is 17.6. The highest BCUT2D eigenvalue weighted by Crippen LogP contribution is 2.14. The highest BCUT2D eigenvalue weighted by Gasteiger charge is 2.20. The molecule has 1 aliphatic rings. The molecule has 0 atom stereocenters. The lowest BCUT2D eigenvalue weighted by atomic mass is 10.2. The molecule has 2 aromatic rings. The Kier molecular flexibility index (Phi) is 5.55. The fraction of sp³-hybridized carbons (Fsp3) is 0.389. The number of benzene rings is 1. The van der Waals surface area contributed by atoms with Gasteiger partial charge in [0, 0.05) is 43.6 Å². The van der Waals surface area contributed by atoms with Crippen LogP contribution in [0.15, 0.2) is 36.7 Å². The Balaban J connectivity index is 1.48. The Labute approximate surface area is 146 Å². The second kappa shape index (κ2) is 8.02. The molecule has 1 amide bonds. The third kappa shape index (κ3) is 4.73. The van der Waals surface area contributed by atoms with Gasteiger partial charge in [-0.05, 0) is 30.7 Å². The van der Waals surface area contributed by atoms with Crippen LogP contribution in [0.1, 0.15) is 12.6 Å². The van der Waals surface area contributed by atoms with E-state index in [0.29, 0.717) is 12.2 Å². The van der Waals surface area contributed by atoms with Crippen LogP contribution in [0.2, 0.25) is 0 Å². The standard InChI is InChI=1S/C18H22FN5O/c1-2-15-11-17(21-13-20-15)24-9-7-23(8-10-24)12-18(25)22-16-5-3-14(19)4-6-16/h3-6,11,13H,2,7-10,12H2,1H3,(H,22,25). The molecule has 0 radical (unpaired) electrons. The maximum absolute atomic E-state index is 12.9. The quantitative estimate of drug-likeness (QED) is 0.899. The lowest BCUT2D eigenvalue weighted by molar-refractivity contribution is -0.117. The van der Waals surface area contributed by atoms with Crippen LogP contribution in [0.25, 0.3) is 0 Å². The van der Waals surface area contributed by atoms with E-state index in [0.717, 1.165) is 44.1 Å². The molecular weight excluding hydrogens is 321 g/mol. The van der Waals surface area contributed by atoms with E-state index in [9.17, 15) is 9.18 Å². The van der Waals surface area contributed by atoms with Crippen LogP contribution in [0.3, 0.4) is 0 Å². The number of carbonyl (C=O) groups excluding carboxylic acids is 1. The SMILES string of the molecule is CCc1cc(N2CCN(CC(=O)Nc3ccc(F)cc3)CC2)ncn1. The average Bonchev–Trinajstić information content (AvgIpc) is 2.64. The monoisotopic (exact) mass is 343 g/mol. The fourth-order valence-electron chi connectivity index (χ4n) is 2.82. The third-order valence-corrected chi connectivity index (χ3v) is 4.26. The molecule has 1 aliphatic heterocycles. The molecule has 0 spiro atoms. The number of piperazine rings is 1. The second-order valence-corrected chi connectivity index (χ2v) is 6.04. The second-order valence-electron chi connectivity index (χ2n) is 6.04. The number of aryl methyl sites for hydroxylation is 1. The first-order valence-electron chi connectivity index (χ1n) is 8.47. The lowest BCUT2D eigenvalue weighted by Crippen LogP contribution is -2.49. The van der Waals surface area contributed by atoms with Gasteiger partial charge in [-0.15, -0.1) is 0 Å². The molecule has 2 heterocycles. The number of hydrogen-bond donors (Lipinski definition) is 1. The van der Waals surface area contributed by atoms with E-state index in [4.69, 9.17) is 0 Å². The van der Waals surface area contributed by atoms with Gasteiger partial charge in [0.2, 0.25) is 5.91 Å². The maximum atomic E-state index is 12.9. The van der Waals surface area contributed by atoms with Crippen molar-refractivity contribution in [1.29, 1.82) is 0 Å². The van der Waals surface area contributed by atoms with Crippen LogP contribution < -0.4 is 10.2 Å². The topological polar surface area (TPSA) is 61.4 Å². The van der Waals surface area contributed by atoms with Crippen molar-refractivity contribution < 1.29 is 9.18 Å². The summed E-state index contributed by atoms with van der Waals surface area (Å²) in [6, 6.07) is 7.81. The van der Waals surface area contributed by atoms with Crippen molar-refractivity contribution in [3.63, 3.8) is 0 Å². The zero-order valence-corrected chi connectivity index (χ0v) is 14.3. The predicted molar refractivity (Wildman–Crippen MR) is 95.1 cm³/mol. The molecule has 132 valence electrons. The summed E-state index contributed by atoms with van der Waals surface area (Å²) in [5, 5.41) is 2.79. The molecule has 0 saturated carbocycles. The van der Waals surface area contributed by atoms with E-state index in [1.54, 1.807) is 18.5 Å². The molecule has 1 fully saturated rings. The van der Waals surface area contributed by atoms with Crippen LogP contribution >= 0.6 is 0 Å². The minimum Gasteiger partial charge on any atom is -0.354 e. The van der Waals surface area contributed by atoms with Gasteiger partial charge in [0.15, 0.2) is 0 Å². The van der Waals surface area contributed by atoms with Crippen molar-refractivity contribution >= 4 is 17.4 Å². The number of nitrogens with zero attached hydrogens (tertiary/aromatic N) is 4. The first-order chi connectivity index (χ1) is 12.1. The smallest absolute Gasteiger partial charge is 0.238 e. The van der Waals surface area contributed by atoms with Crippen molar-refractivity contribution in [1.82, 2.24) is 14.9 Å². The van der Waals surface area contributed by atoms with Gasteiger partial charge in [-0.3, -0.25) is 9.69 Å². The normalized spacial score (nSPS) is 15.2. The van der Waals surface area contributed by atoms with Crippen molar-refractivity contribution in [3.05, 3.63) is 48.2 Å². The molecule has 0 aliphatic carbocycles. The summed E-state index contributed by atoms with van der Waals surface area (Å²) in [4.78, 5) is 25.0. The minimum atomic E-state index is -0.315. The summed E-state index contributed by atoms with van der Waals surface area (Å²) in [6.45, 7) is 5.64. The summed E-state index contributed by atoms with van der Waals surface area (Å²) in [5.41, 5.74) is 1.64. The Morgan fingerprint density at radius 3 is 2.56 bits per heavy atom. The molecule has 1 aromatic heterocycles. The van der Waals surface area contributed by atoms with Crippen LogP contribution in [-0.4, -0.2) is 53.5 Å². The van der Waals surface area contributed by atoms with Gasteiger partial charge in [0.1, 0.15) is 18.0 Å². The maximum Gasteiger partial charge on any atom is 0.238 e. The van der Waals surface area contributed by atoms with Gasteiger partial charge in [-0.25, -0.2) is 14.4 Å². The van der Waals surface area contributed by atoms with Crippen LogP contribution in [0, 0.1) is 5.82 Å². The molecule has 0 bridgehead atoms. The van der Waals surface area contributed by atoms with Gasteiger partial charge in [-0.2, -0.15) is 0 Å². The van der Waals surface area contributed by atoms with E-state index < -0.39 is 0 Å². The van der Waals surface area contributed by atoms with E-state index >= 15 is 0 Å². The summed E-state index contributed by atoms with van der Waals surface area (Å²) in [7, 11) is 0. The first kappa shape index (κ1) is 17.3. The molecule has 0 unspecified atom stereocenters. The van der Waals surface area contributed by atoms with Crippen molar-refractivity contribution in [2.24, 2.45) is 0 Å². The number of nitrogens with one attached hydrogen (secondary N) is 1. The average molecular weight is 343 g/mol. The molecule has 7 heteroatoms. The number of rotatable bonds is 5. The number of amides is 1. The molecule has 3 rings (SSSR count). The van der Waals surface area contributed by atoms with Gasteiger partial charge >= 0.3 is 0 Å². The molecule has 1 N–H and O–H groups in total. The molecule has 25 heavy (non-hydrogen) atoms. The van der Waals surface area contributed by atoms with E-state index in [2.05, 4.69) is 32.0 Å². The predicted octanol–water partition coefficient (Wildman–Crippen LogP) is 1.94. The van der Waals surface area contributed by atoms with Gasteiger partial charge < -0.3 is 10.2 Å². The fourth-order valence-corrected chi connectivity index (χ4v) is 2.82. The summed E-state index contributed by atoms with van der Waals surface area (Å²) >= 11 is 0. The van der Waals surface area contributed by atoms with Gasteiger partial charge in [-0.1, -0.05) is 6.92 Å². The minimum absolute atomic E-state index is 0.0876. The van der Waals surface area contributed by atoms with Crippen molar-refractivity contribution in [2.75, 3.05) is 42.9 Å². The zero-order valence-electron chi connectivity index (χ0n) is 14.3. The molecule has 6 nitrogen and oxygen atoms in total. The van der Waals surface area contributed by atoms with Crippen molar-refractivity contribution in [2.45, 2.75) is 13.3 Å². The summed E-state index contributed by atoms with van der Waals surface area (Å²) < 4.78 is 12.9. The molecule has 1 aromatic carbocycles. The lowest BCUT2D eigenvalue weighted by Gasteiger charge is -2.35. The van der Waals surface area contributed by atoms with Crippen LogP contribution in [-0.2, 0) is 11.2 Å². The van der Waals surface area contributed by atoms with Crippen LogP contribution in [0.5, 0.6) is 0 Å².